The second kappa shape index (κ2) is 8.24. The van der Waals surface area contributed by atoms with Crippen molar-refractivity contribution in [3.8, 4) is 0 Å². The molecule has 7 heteroatoms. The van der Waals surface area contributed by atoms with Crippen molar-refractivity contribution in [1.29, 1.82) is 0 Å². The molecule has 0 spiro atoms. The number of anilines is 1. The maximum atomic E-state index is 12.7. The lowest BCUT2D eigenvalue weighted by Gasteiger charge is -2.18. The first kappa shape index (κ1) is 20.0. The number of carbonyl (C=O) groups excluding carboxylic acids is 2. The van der Waals surface area contributed by atoms with Gasteiger partial charge in [0.15, 0.2) is 5.78 Å². The quantitative estimate of drug-likeness (QED) is 0.351. The average Bonchev–Trinajstić information content (AvgIpc) is 3.02. The molecule has 2 aromatic heterocycles. The summed E-state index contributed by atoms with van der Waals surface area (Å²) in [5.74, 6) is 1.70. The van der Waals surface area contributed by atoms with Crippen molar-refractivity contribution in [1.82, 2.24) is 9.97 Å². The molecular weight excluding hydrogens is 402 g/mol. The number of fused-ring (bicyclic) bond motifs is 3. The van der Waals surface area contributed by atoms with E-state index in [0.29, 0.717) is 22.9 Å². The van der Waals surface area contributed by atoms with E-state index in [2.05, 4.69) is 22.2 Å². The van der Waals surface area contributed by atoms with Crippen LogP contribution in [0.2, 0.25) is 0 Å². The molecule has 0 aliphatic heterocycles. The van der Waals surface area contributed by atoms with E-state index in [0.717, 1.165) is 33.9 Å². The molecule has 150 valence electrons. The highest BCUT2D eigenvalue weighted by Gasteiger charge is 2.24. The fourth-order valence-electron chi connectivity index (χ4n) is 3.67. The molecule has 0 bridgehead atoms. The van der Waals surface area contributed by atoms with Gasteiger partial charge in [-0.1, -0.05) is 18.7 Å². The van der Waals surface area contributed by atoms with Crippen LogP contribution in [0.5, 0.6) is 0 Å². The summed E-state index contributed by atoms with van der Waals surface area (Å²) in [6.07, 6.45) is 3.37. The van der Waals surface area contributed by atoms with Crippen molar-refractivity contribution >= 4 is 50.7 Å². The molecule has 0 radical (unpaired) electrons. The van der Waals surface area contributed by atoms with Crippen molar-refractivity contribution in [3.63, 3.8) is 0 Å². The Labute approximate surface area is 178 Å². The van der Waals surface area contributed by atoms with E-state index in [1.54, 1.807) is 35.6 Å². The predicted molar refractivity (Wildman–Crippen MR) is 119 cm³/mol. The Morgan fingerprint density at radius 3 is 2.72 bits per heavy atom. The van der Waals surface area contributed by atoms with Crippen molar-refractivity contribution in [3.05, 3.63) is 46.1 Å². The van der Waals surface area contributed by atoms with Gasteiger partial charge in [-0.3, -0.25) is 9.59 Å². The summed E-state index contributed by atoms with van der Waals surface area (Å²) in [7, 11) is 0. The van der Waals surface area contributed by atoms with Gasteiger partial charge in [0.25, 0.3) is 0 Å². The number of amides is 1. The molecule has 1 aliphatic rings. The van der Waals surface area contributed by atoms with Gasteiger partial charge in [-0.05, 0) is 61.9 Å². The van der Waals surface area contributed by atoms with E-state index in [1.165, 1.54) is 35.5 Å². The number of aromatic nitrogens is 2. The molecule has 5 nitrogen and oxygen atoms in total. The number of benzene rings is 1. The number of hydrogen-bond acceptors (Lipinski definition) is 6. The summed E-state index contributed by atoms with van der Waals surface area (Å²) in [5.41, 5.74) is 2.71. The normalized spacial score (nSPS) is 15.9. The molecule has 0 unspecified atom stereocenters. The van der Waals surface area contributed by atoms with Crippen molar-refractivity contribution in [2.45, 2.75) is 45.1 Å². The van der Waals surface area contributed by atoms with E-state index in [4.69, 9.17) is 0 Å². The minimum absolute atomic E-state index is 0.0477. The van der Waals surface area contributed by atoms with Crippen LogP contribution in [0.3, 0.4) is 0 Å². The maximum absolute atomic E-state index is 12.7. The summed E-state index contributed by atoms with van der Waals surface area (Å²) < 4.78 is 0. The van der Waals surface area contributed by atoms with Crippen molar-refractivity contribution in [2.75, 3.05) is 11.1 Å². The summed E-state index contributed by atoms with van der Waals surface area (Å²) in [4.78, 5) is 35.6. The minimum Gasteiger partial charge on any atom is -0.326 e. The monoisotopic (exact) mass is 425 g/mol. The molecule has 1 aromatic carbocycles. The number of aryl methyl sites for hydroxylation is 2. The molecule has 0 saturated carbocycles. The third-order valence-electron chi connectivity index (χ3n) is 5.10. The molecule has 29 heavy (non-hydrogen) atoms. The van der Waals surface area contributed by atoms with E-state index in [1.807, 2.05) is 6.92 Å². The average molecular weight is 426 g/mol. The van der Waals surface area contributed by atoms with Gasteiger partial charge in [-0.25, -0.2) is 9.97 Å². The van der Waals surface area contributed by atoms with Gasteiger partial charge in [0.05, 0.1) is 5.75 Å². The first-order chi connectivity index (χ1) is 13.9. The molecule has 4 rings (SSSR count). The lowest BCUT2D eigenvalue weighted by Crippen LogP contribution is -2.09. The molecule has 1 aliphatic carbocycles. The number of nitrogens with zero attached hydrogens (tertiary/aromatic N) is 2. The maximum Gasteiger partial charge on any atom is 0.221 e. The Kier molecular flexibility index (Phi) is 5.69. The highest BCUT2D eigenvalue weighted by Crippen LogP contribution is 2.41. The molecule has 0 saturated heterocycles. The number of thiophene rings is 1. The smallest absolute Gasteiger partial charge is 0.221 e. The number of thioether (sulfide) groups is 1. The molecule has 0 fully saturated rings. The highest BCUT2D eigenvalue weighted by atomic mass is 32.2. The van der Waals surface area contributed by atoms with E-state index in [-0.39, 0.29) is 11.7 Å². The number of rotatable bonds is 5. The van der Waals surface area contributed by atoms with Crippen LogP contribution in [0.1, 0.15) is 46.9 Å². The molecular formula is C22H23N3O2S2. The summed E-state index contributed by atoms with van der Waals surface area (Å²) in [6.45, 7) is 5.67. The van der Waals surface area contributed by atoms with Crippen LogP contribution in [-0.4, -0.2) is 27.4 Å². The highest BCUT2D eigenvalue weighted by molar-refractivity contribution is 8.00. The Morgan fingerprint density at radius 1 is 1.24 bits per heavy atom. The van der Waals surface area contributed by atoms with Gasteiger partial charge in [0.2, 0.25) is 5.91 Å². The van der Waals surface area contributed by atoms with Crippen molar-refractivity contribution < 1.29 is 9.59 Å². The zero-order chi connectivity index (χ0) is 20.5. The number of carbonyl (C=O) groups is 2. The second-order valence-electron chi connectivity index (χ2n) is 7.58. The van der Waals surface area contributed by atoms with E-state index in [9.17, 15) is 9.59 Å². The zero-order valence-electron chi connectivity index (χ0n) is 16.7. The van der Waals surface area contributed by atoms with E-state index < -0.39 is 0 Å². The lowest BCUT2D eigenvalue weighted by atomic mass is 9.89. The summed E-state index contributed by atoms with van der Waals surface area (Å²) >= 11 is 3.28. The Bertz CT molecular complexity index is 1090. The molecule has 1 atom stereocenters. The second-order valence-corrected chi connectivity index (χ2v) is 9.63. The Hall–Kier alpha value is -2.25. The fourth-order valence-corrected chi connectivity index (χ4v) is 6.16. The Morgan fingerprint density at radius 2 is 2.00 bits per heavy atom. The van der Waals surface area contributed by atoms with Gasteiger partial charge >= 0.3 is 0 Å². The first-order valence-corrected chi connectivity index (χ1v) is 11.5. The molecule has 3 aromatic rings. The van der Waals surface area contributed by atoms with E-state index >= 15 is 0 Å². The van der Waals surface area contributed by atoms with Crippen LogP contribution in [-0.2, 0) is 17.6 Å². The summed E-state index contributed by atoms with van der Waals surface area (Å²) in [6, 6.07) is 7.01. The topological polar surface area (TPSA) is 72.0 Å². The standard InChI is InChI=1S/C22H23N3O2S2/c1-12-4-9-17-19(10-12)29-22-20(17)21(23-13(2)24-22)28-11-18(27)15-5-7-16(8-6-15)25-14(3)26/h5-8,12H,4,9-11H2,1-3H3,(H,25,26)/t12-/m0/s1. The number of Topliss-reactive ketones (excluding diaryl/α,β-unsaturated/α-hetero) is 1. The number of nitrogens with one attached hydrogen (secondary N) is 1. The predicted octanol–water partition coefficient (Wildman–Crippen LogP) is 5.06. The van der Waals surface area contributed by atoms with Crippen LogP contribution < -0.4 is 5.32 Å². The minimum atomic E-state index is -0.128. The molecule has 2 heterocycles. The van der Waals surface area contributed by atoms with Crippen LogP contribution in [0.15, 0.2) is 29.3 Å². The van der Waals surface area contributed by atoms with Gasteiger partial charge in [0.1, 0.15) is 15.7 Å². The van der Waals surface area contributed by atoms with Gasteiger partial charge in [-0.15, -0.1) is 11.3 Å². The third kappa shape index (κ3) is 4.36. The number of ketones is 1. The van der Waals surface area contributed by atoms with Crippen molar-refractivity contribution in [2.24, 2.45) is 5.92 Å². The van der Waals surface area contributed by atoms with Crippen LogP contribution >= 0.6 is 23.1 Å². The van der Waals surface area contributed by atoms with Crippen LogP contribution in [0.4, 0.5) is 5.69 Å². The van der Waals surface area contributed by atoms with Crippen LogP contribution in [0.25, 0.3) is 10.2 Å². The largest absolute Gasteiger partial charge is 0.326 e. The number of hydrogen-bond donors (Lipinski definition) is 1. The first-order valence-electron chi connectivity index (χ1n) is 9.73. The van der Waals surface area contributed by atoms with Crippen LogP contribution in [0, 0.1) is 12.8 Å². The van der Waals surface area contributed by atoms with Gasteiger partial charge in [-0.2, -0.15) is 0 Å². The summed E-state index contributed by atoms with van der Waals surface area (Å²) in [5, 5.41) is 4.79. The fraction of sp³-hybridized carbons (Fsp3) is 0.364. The third-order valence-corrected chi connectivity index (χ3v) is 7.22. The molecule has 1 N–H and O–H groups in total. The molecule has 1 amide bonds. The SMILES string of the molecule is CC(=O)Nc1ccc(C(=O)CSc2nc(C)nc3sc4c(c23)CC[C@H](C)C4)cc1. The zero-order valence-corrected chi connectivity index (χ0v) is 18.4. The Balaban J connectivity index is 1.55. The lowest BCUT2D eigenvalue weighted by molar-refractivity contribution is -0.114. The van der Waals surface area contributed by atoms with Gasteiger partial charge < -0.3 is 5.32 Å². The van der Waals surface area contributed by atoms with Gasteiger partial charge in [0, 0.05) is 28.4 Å².